The highest BCUT2D eigenvalue weighted by Crippen LogP contribution is 2.24. The van der Waals surface area contributed by atoms with E-state index in [1.807, 2.05) is 31.2 Å². The van der Waals surface area contributed by atoms with Crippen molar-refractivity contribution in [3.8, 4) is 17.1 Å². The van der Waals surface area contributed by atoms with Crippen LogP contribution in [0.15, 0.2) is 29.4 Å². The van der Waals surface area contributed by atoms with Crippen LogP contribution in [0.3, 0.4) is 0 Å². The van der Waals surface area contributed by atoms with Gasteiger partial charge in [0.15, 0.2) is 5.82 Å². The lowest BCUT2D eigenvalue weighted by molar-refractivity contribution is -0.144. The maximum atomic E-state index is 11.6. The average Bonchev–Trinajstić information content (AvgIpc) is 2.86. The number of hydrogen-bond donors (Lipinski definition) is 1. The minimum atomic E-state index is -0.312. The highest BCUT2D eigenvalue weighted by atomic mass is 32.2. The van der Waals surface area contributed by atoms with Gasteiger partial charge in [-0.2, -0.15) is 0 Å². The summed E-state index contributed by atoms with van der Waals surface area (Å²) < 4.78 is 11.9. The number of rotatable bonds is 7. The molecule has 23 heavy (non-hydrogen) atoms. The van der Waals surface area contributed by atoms with Crippen LogP contribution in [0.4, 0.5) is 0 Å². The van der Waals surface area contributed by atoms with Gasteiger partial charge >= 0.3 is 5.97 Å². The molecule has 0 atom stereocenters. The largest absolute Gasteiger partial charge is 0.494 e. The number of aromatic nitrogens is 3. The summed E-state index contributed by atoms with van der Waals surface area (Å²) in [7, 11) is 0. The standard InChI is InChI=1S/C15H20N4O3S/c1-4-21-12-7-5-6-11(8-12)14-17-18-15(19(14)16)23-9-13(20)22-10(2)3/h5-8,10H,4,9,16H2,1-3H3. The van der Waals surface area contributed by atoms with Crippen LogP contribution in [0, 0.1) is 0 Å². The number of nitrogens with zero attached hydrogens (tertiary/aromatic N) is 3. The third kappa shape index (κ3) is 4.62. The van der Waals surface area contributed by atoms with Crippen molar-refractivity contribution in [1.29, 1.82) is 0 Å². The van der Waals surface area contributed by atoms with Gasteiger partial charge in [-0.1, -0.05) is 23.9 Å². The van der Waals surface area contributed by atoms with Crippen molar-refractivity contribution < 1.29 is 14.3 Å². The number of hydrogen-bond acceptors (Lipinski definition) is 7. The van der Waals surface area contributed by atoms with Gasteiger partial charge in [-0.3, -0.25) is 4.79 Å². The van der Waals surface area contributed by atoms with Gasteiger partial charge in [-0.25, -0.2) is 4.68 Å². The molecule has 0 saturated heterocycles. The first-order chi connectivity index (χ1) is 11.0. The first kappa shape index (κ1) is 17.1. The fourth-order valence-electron chi connectivity index (χ4n) is 1.88. The Morgan fingerprint density at radius 1 is 1.39 bits per heavy atom. The zero-order valence-electron chi connectivity index (χ0n) is 13.4. The van der Waals surface area contributed by atoms with E-state index in [2.05, 4.69) is 10.2 Å². The molecule has 8 heteroatoms. The second kappa shape index (κ2) is 7.87. The third-order valence-electron chi connectivity index (χ3n) is 2.75. The smallest absolute Gasteiger partial charge is 0.316 e. The SMILES string of the molecule is CCOc1cccc(-c2nnc(SCC(=O)OC(C)C)n2N)c1. The molecule has 0 unspecified atom stereocenters. The van der Waals surface area contributed by atoms with E-state index in [0.717, 1.165) is 11.3 Å². The van der Waals surface area contributed by atoms with E-state index in [4.69, 9.17) is 15.3 Å². The first-order valence-electron chi connectivity index (χ1n) is 7.27. The van der Waals surface area contributed by atoms with E-state index in [9.17, 15) is 4.79 Å². The molecule has 0 bridgehead atoms. The second-order valence-electron chi connectivity index (χ2n) is 4.96. The maximum Gasteiger partial charge on any atom is 0.316 e. The van der Waals surface area contributed by atoms with E-state index in [1.54, 1.807) is 13.8 Å². The number of thioether (sulfide) groups is 1. The van der Waals surface area contributed by atoms with Crippen LogP contribution in [-0.2, 0) is 9.53 Å². The van der Waals surface area contributed by atoms with Crippen LogP contribution < -0.4 is 10.6 Å². The molecule has 124 valence electrons. The highest BCUT2D eigenvalue weighted by Gasteiger charge is 2.15. The monoisotopic (exact) mass is 336 g/mol. The third-order valence-corrected chi connectivity index (χ3v) is 3.67. The number of nitrogens with two attached hydrogens (primary N) is 1. The van der Waals surface area contributed by atoms with Gasteiger partial charge < -0.3 is 15.3 Å². The number of esters is 1. The topological polar surface area (TPSA) is 92.3 Å². The molecule has 0 aliphatic rings. The van der Waals surface area contributed by atoms with Crippen molar-refractivity contribution in [3.63, 3.8) is 0 Å². The highest BCUT2D eigenvalue weighted by molar-refractivity contribution is 7.99. The Morgan fingerprint density at radius 3 is 2.87 bits per heavy atom. The fraction of sp³-hybridized carbons (Fsp3) is 0.400. The minimum absolute atomic E-state index is 0.131. The maximum absolute atomic E-state index is 11.6. The molecular weight excluding hydrogens is 316 g/mol. The van der Waals surface area contributed by atoms with Crippen molar-refractivity contribution >= 4 is 17.7 Å². The predicted octanol–water partition coefficient (Wildman–Crippen LogP) is 2.10. The molecule has 0 amide bonds. The lowest BCUT2D eigenvalue weighted by Crippen LogP contribution is -2.15. The summed E-state index contributed by atoms with van der Waals surface area (Å²) in [6.07, 6.45) is -0.143. The first-order valence-corrected chi connectivity index (χ1v) is 8.25. The summed E-state index contributed by atoms with van der Waals surface area (Å²) >= 11 is 1.19. The van der Waals surface area contributed by atoms with Crippen LogP contribution >= 0.6 is 11.8 Å². The van der Waals surface area contributed by atoms with Gasteiger partial charge in [0.1, 0.15) is 5.75 Å². The Bertz CT molecular complexity index is 672. The molecule has 2 rings (SSSR count). The summed E-state index contributed by atoms with van der Waals surface area (Å²) in [6, 6.07) is 7.44. The predicted molar refractivity (Wildman–Crippen MR) is 88.7 cm³/mol. The van der Waals surface area contributed by atoms with Gasteiger partial charge in [0, 0.05) is 5.56 Å². The lowest BCUT2D eigenvalue weighted by Gasteiger charge is -2.08. The Morgan fingerprint density at radius 2 is 2.17 bits per heavy atom. The minimum Gasteiger partial charge on any atom is -0.494 e. The number of carbonyl (C=O) groups excluding carboxylic acids is 1. The van der Waals surface area contributed by atoms with Crippen molar-refractivity contribution in [2.24, 2.45) is 0 Å². The van der Waals surface area contributed by atoms with Crippen LogP contribution in [-0.4, -0.2) is 39.3 Å². The van der Waals surface area contributed by atoms with Crippen LogP contribution in [0.25, 0.3) is 11.4 Å². The second-order valence-corrected chi connectivity index (χ2v) is 5.91. The molecule has 0 fully saturated rings. The molecule has 1 aromatic heterocycles. The molecule has 1 aromatic carbocycles. The quantitative estimate of drug-likeness (QED) is 0.470. The molecule has 2 N–H and O–H groups in total. The van der Waals surface area contributed by atoms with E-state index in [0.29, 0.717) is 17.6 Å². The zero-order valence-corrected chi connectivity index (χ0v) is 14.2. The molecule has 2 aromatic rings. The summed E-state index contributed by atoms with van der Waals surface area (Å²) in [6.45, 7) is 6.11. The summed E-state index contributed by atoms with van der Waals surface area (Å²) in [5.74, 6) is 7.09. The molecule has 0 saturated carbocycles. The van der Waals surface area contributed by atoms with E-state index < -0.39 is 0 Å². The Labute approximate surface area is 139 Å². The van der Waals surface area contributed by atoms with Crippen molar-refractivity contribution in [2.75, 3.05) is 18.2 Å². The van der Waals surface area contributed by atoms with E-state index >= 15 is 0 Å². The van der Waals surface area contributed by atoms with Crippen LogP contribution in [0.5, 0.6) is 5.75 Å². The summed E-state index contributed by atoms with van der Waals surface area (Å²) in [4.78, 5) is 11.6. The fourth-order valence-corrected chi connectivity index (χ4v) is 2.52. The molecule has 0 aliphatic heterocycles. The van der Waals surface area contributed by atoms with Gasteiger partial charge in [-0.15, -0.1) is 10.2 Å². The van der Waals surface area contributed by atoms with Gasteiger partial charge in [-0.05, 0) is 32.9 Å². The number of benzene rings is 1. The van der Waals surface area contributed by atoms with E-state index in [1.165, 1.54) is 16.4 Å². The number of carbonyl (C=O) groups is 1. The molecule has 0 radical (unpaired) electrons. The Kier molecular flexibility index (Phi) is 5.86. The molecular formula is C15H20N4O3S. The summed E-state index contributed by atoms with van der Waals surface area (Å²) in [5, 5.41) is 8.55. The van der Waals surface area contributed by atoms with Crippen molar-refractivity contribution in [1.82, 2.24) is 14.9 Å². The normalized spacial score (nSPS) is 10.8. The Balaban J connectivity index is 2.10. The molecule has 1 heterocycles. The molecule has 0 aliphatic carbocycles. The molecule has 0 spiro atoms. The van der Waals surface area contributed by atoms with Gasteiger partial charge in [0.05, 0.1) is 18.5 Å². The number of ether oxygens (including phenoxy) is 2. The Hall–Kier alpha value is -2.22. The zero-order chi connectivity index (χ0) is 16.8. The molecule has 7 nitrogen and oxygen atoms in total. The van der Waals surface area contributed by atoms with Gasteiger partial charge in [0.2, 0.25) is 5.16 Å². The van der Waals surface area contributed by atoms with Crippen LogP contribution in [0.2, 0.25) is 0 Å². The van der Waals surface area contributed by atoms with Gasteiger partial charge in [0.25, 0.3) is 0 Å². The van der Waals surface area contributed by atoms with Crippen molar-refractivity contribution in [3.05, 3.63) is 24.3 Å². The number of nitrogen functional groups attached to an aromatic ring is 1. The van der Waals surface area contributed by atoms with Crippen molar-refractivity contribution in [2.45, 2.75) is 32.0 Å². The van der Waals surface area contributed by atoms with Crippen LogP contribution in [0.1, 0.15) is 20.8 Å². The summed E-state index contributed by atoms with van der Waals surface area (Å²) in [5.41, 5.74) is 0.794. The average molecular weight is 336 g/mol. The lowest BCUT2D eigenvalue weighted by atomic mass is 10.2. The van der Waals surface area contributed by atoms with E-state index in [-0.39, 0.29) is 17.8 Å².